The fraction of sp³-hybridized carbons (Fsp3) is 0.261. The van der Waals surface area contributed by atoms with Gasteiger partial charge >= 0.3 is 0 Å². The summed E-state index contributed by atoms with van der Waals surface area (Å²) in [6.45, 7) is 5.62. The van der Waals surface area contributed by atoms with E-state index in [-0.39, 0.29) is 0 Å². The van der Waals surface area contributed by atoms with Gasteiger partial charge in [0, 0.05) is 54.6 Å². The first-order valence-electron chi connectivity index (χ1n) is 10.2. The van der Waals surface area contributed by atoms with Crippen molar-refractivity contribution in [1.29, 1.82) is 0 Å². The number of hydrogen-bond donors (Lipinski definition) is 2. The number of anilines is 1. The van der Waals surface area contributed by atoms with Crippen LogP contribution in [0.15, 0.2) is 36.5 Å². The second-order valence-electron chi connectivity index (χ2n) is 8.12. The molecule has 1 aliphatic rings. The van der Waals surface area contributed by atoms with Crippen molar-refractivity contribution < 1.29 is 9.18 Å². The molecule has 3 N–H and O–H groups in total. The van der Waals surface area contributed by atoms with Crippen molar-refractivity contribution in [3.63, 3.8) is 0 Å². The number of nitrogens with two attached hydrogens (primary N) is 1. The molecular formula is C23H23FN6O. The average molecular weight is 418 g/mol. The number of nitrogens with zero attached hydrogens (tertiary/aromatic N) is 4. The number of carbonyl (C=O) groups is 1. The molecule has 4 aromatic rings. The molecule has 1 aliphatic heterocycles. The van der Waals surface area contributed by atoms with Gasteiger partial charge in [-0.3, -0.25) is 4.79 Å². The number of aryl methyl sites for hydroxylation is 1. The maximum atomic E-state index is 13.6. The molecule has 0 atom stereocenters. The lowest BCUT2D eigenvalue weighted by Gasteiger charge is -2.34. The van der Waals surface area contributed by atoms with Crippen LogP contribution in [0.1, 0.15) is 15.9 Å². The van der Waals surface area contributed by atoms with Crippen molar-refractivity contribution in [3.05, 3.63) is 53.6 Å². The highest BCUT2D eigenvalue weighted by Crippen LogP contribution is 2.32. The lowest BCUT2D eigenvalue weighted by Crippen LogP contribution is -2.44. The minimum atomic E-state index is -0.550. The van der Waals surface area contributed by atoms with Gasteiger partial charge in [0.2, 0.25) is 5.95 Å². The van der Waals surface area contributed by atoms with Gasteiger partial charge in [0.1, 0.15) is 0 Å². The second kappa shape index (κ2) is 7.31. The molecule has 0 saturated carbocycles. The van der Waals surface area contributed by atoms with Gasteiger partial charge in [-0.15, -0.1) is 0 Å². The summed E-state index contributed by atoms with van der Waals surface area (Å²) >= 11 is 0. The van der Waals surface area contributed by atoms with E-state index in [1.165, 1.54) is 6.20 Å². The van der Waals surface area contributed by atoms with E-state index in [4.69, 9.17) is 10.7 Å². The molecule has 31 heavy (non-hydrogen) atoms. The van der Waals surface area contributed by atoms with Gasteiger partial charge in [-0.1, -0.05) is 0 Å². The Balaban J connectivity index is 1.66. The van der Waals surface area contributed by atoms with Crippen molar-refractivity contribution in [2.75, 3.05) is 38.1 Å². The molecule has 8 heteroatoms. The SMILES string of the molecule is Cc1cc(-c2cc(C(N)=O)c3[nH]c4cc(N5CCN(C)CC5)ccc4c3n2)cnc1F. The van der Waals surface area contributed by atoms with E-state index in [9.17, 15) is 9.18 Å². The smallest absolute Gasteiger partial charge is 0.250 e. The number of pyridine rings is 2. The Morgan fingerprint density at radius 1 is 1.16 bits per heavy atom. The number of benzene rings is 1. The maximum absolute atomic E-state index is 13.6. The number of aromatic amines is 1. The summed E-state index contributed by atoms with van der Waals surface area (Å²) in [5, 5.41) is 0.907. The van der Waals surface area contributed by atoms with Crippen LogP contribution in [0.2, 0.25) is 0 Å². The van der Waals surface area contributed by atoms with Crippen LogP contribution in [0.3, 0.4) is 0 Å². The highest BCUT2D eigenvalue weighted by molar-refractivity contribution is 6.14. The monoisotopic (exact) mass is 418 g/mol. The number of rotatable bonds is 3. The Morgan fingerprint density at radius 3 is 2.65 bits per heavy atom. The van der Waals surface area contributed by atoms with E-state index >= 15 is 0 Å². The normalized spacial score (nSPS) is 15.1. The van der Waals surface area contributed by atoms with Gasteiger partial charge in [0.05, 0.1) is 27.8 Å². The van der Waals surface area contributed by atoms with Gasteiger partial charge in [0.25, 0.3) is 5.91 Å². The van der Waals surface area contributed by atoms with Crippen LogP contribution < -0.4 is 10.6 Å². The Labute approximate surface area is 178 Å². The molecule has 0 unspecified atom stereocenters. The van der Waals surface area contributed by atoms with Gasteiger partial charge in [-0.25, -0.2) is 9.97 Å². The Bertz CT molecular complexity index is 1320. The van der Waals surface area contributed by atoms with Crippen molar-refractivity contribution in [3.8, 4) is 11.3 Å². The highest BCUT2D eigenvalue weighted by atomic mass is 19.1. The zero-order chi connectivity index (χ0) is 21.7. The third-order valence-corrected chi connectivity index (χ3v) is 5.98. The van der Waals surface area contributed by atoms with Crippen LogP contribution in [0.5, 0.6) is 0 Å². The summed E-state index contributed by atoms with van der Waals surface area (Å²) in [4.78, 5) is 28.8. The molecule has 5 rings (SSSR count). The number of halogens is 1. The second-order valence-corrected chi connectivity index (χ2v) is 8.12. The number of carbonyl (C=O) groups excluding carboxylic acids is 1. The molecule has 1 aromatic carbocycles. The fourth-order valence-electron chi connectivity index (χ4n) is 4.15. The molecule has 7 nitrogen and oxygen atoms in total. The summed E-state index contributed by atoms with van der Waals surface area (Å²) in [7, 11) is 2.13. The number of H-pyrrole nitrogens is 1. The number of nitrogens with one attached hydrogen (secondary N) is 1. The summed E-state index contributed by atoms with van der Waals surface area (Å²) < 4.78 is 13.6. The molecule has 1 saturated heterocycles. The number of primary amides is 1. The number of amides is 1. The number of piperazine rings is 1. The van der Waals surface area contributed by atoms with Crippen molar-refractivity contribution in [1.82, 2.24) is 19.9 Å². The maximum Gasteiger partial charge on any atom is 0.250 e. The lowest BCUT2D eigenvalue weighted by atomic mass is 10.1. The highest BCUT2D eigenvalue weighted by Gasteiger charge is 2.19. The van der Waals surface area contributed by atoms with Crippen molar-refractivity contribution in [2.24, 2.45) is 5.73 Å². The molecular weight excluding hydrogens is 395 g/mol. The standard InChI is InChI=1S/C23H23FN6O/c1-13-9-14(12-26-22(13)24)18-11-17(23(25)31)21-20(27-18)16-4-3-15(10-19(16)28-21)30-7-5-29(2)6-8-30/h3-4,9-12,28H,5-8H2,1-2H3,(H2,25,31). The lowest BCUT2D eigenvalue weighted by molar-refractivity contribution is 0.100. The van der Waals surface area contributed by atoms with E-state index in [2.05, 4.69) is 38.9 Å². The van der Waals surface area contributed by atoms with Crippen LogP contribution in [0, 0.1) is 12.9 Å². The van der Waals surface area contributed by atoms with Crippen molar-refractivity contribution in [2.45, 2.75) is 6.92 Å². The van der Waals surface area contributed by atoms with Crippen LogP contribution in [0.4, 0.5) is 10.1 Å². The summed E-state index contributed by atoms with van der Waals surface area (Å²) in [6.07, 6.45) is 1.42. The molecule has 1 fully saturated rings. The molecule has 158 valence electrons. The average Bonchev–Trinajstić information content (AvgIpc) is 3.13. The molecule has 0 radical (unpaired) electrons. The molecule has 1 amide bonds. The van der Waals surface area contributed by atoms with Gasteiger partial charge in [-0.05, 0) is 44.3 Å². The number of fused-ring (bicyclic) bond motifs is 3. The predicted molar refractivity (Wildman–Crippen MR) is 120 cm³/mol. The van der Waals surface area contributed by atoms with Gasteiger partial charge in [-0.2, -0.15) is 4.39 Å². The van der Waals surface area contributed by atoms with Gasteiger partial charge < -0.3 is 20.5 Å². The molecule has 0 spiro atoms. The molecule has 4 heterocycles. The van der Waals surface area contributed by atoms with E-state index in [1.54, 1.807) is 19.1 Å². The minimum absolute atomic E-state index is 0.347. The topological polar surface area (TPSA) is 91.1 Å². The number of likely N-dealkylation sites (N-methyl/N-ethyl adjacent to an activating group) is 1. The third kappa shape index (κ3) is 3.38. The number of aromatic nitrogens is 3. The summed E-state index contributed by atoms with van der Waals surface area (Å²) in [5.41, 5.74) is 10.9. The Morgan fingerprint density at radius 2 is 1.94 bits per heavy atom. The van der Waals surface area contributed by atoms with E-state index in [0.29, 0.717) is 33.4 Å². The fourth-order valence-corrected chi connectivity index (χ4v) is 4.15. The zero-order valence-electron chi connectivity index (χ0n) is 17.4. The van der Waals surface area contributed by atoms with Crippen LogP contribution >= 0.6 is 0 Å². The molecule has 0 bridgehead atoms. The first kappa shape index (κ1) is 19.4. The number of hydrogen-bond acceptors (Lipinski definition) is 5. The van der Waals surface area contributed by atoms with E-state index in [1.807, 2.05) is 6.07 Å². The minimum Gasteiger partial charge on any atom is -0.369 e. The first-order chi connectivity index (χ1) is 14.9. The Hall–Kier alpha value is -3.52. The van der Waals surface area contributed by atoms with Crippen molar-refractivity contribution >= 4 is 33.5 Å². The Kier molecular flexibility index (Phi) is 4.59. The molecule has 3 aromatic heterocycles. The van der Waals surface area contributed by atoms with Crippen LogP contribution in [0.25, 0.3) is 33.2 Å². The third-order valence-electron chi connectivity index (χ3n) is 5.98. The first-order valence-corrected chi connectivity index (χ1v) is 10.2. The predicted octanol–water partition coefficient (Wildman–Crippen LogP) is 3.08. The van der Waals surface area contributed by atoms with Crippen LogP contribution in [-0.2, 0) is 0 Å². The zero-order valence-corrected chi connectivity index (χ0v) is 17.4. The summed E-state index contributed by atoms with van der Waals surface area (Å²) in [5.74, 6) is -1.07. The van der Waals surface area contributed by atoms with Gasteiger partial charge in [0.15, 0.2) is 0 Å². The van der Waals surface area contributed by atoms with E-state index in [0.717, 1.165) is 42.8 Å². The van der Waals surface area contributed by atoms with Crippen LogP contribution in [-0.4, -0.2) is 59.0 Å². The molecule has 0 aliphatic carbocycles. The quantitative estimate of drug-likeness (QED) is 0.499. The van der Waals surface area contributed by atoms with E-state index < -0.39 is 11.9 Å². The largest absolute Gasteiger partial charge is 0.369 e. The summed E-state index contributed by atoms with van der Waals surface area (Å²) in [6, 6.07) is 9.51.